The highest BCUT2D eigenvalue weighted by atomic mass is 79.9. The Hall–Kier alpha value is -1.93. The summed E-state index contributed by atoms with van der Waals surface area (Å²) < 4.78 is 27.8. The molecule has 1 aromatic heterocycles. The van der Waals surface area contributed by atoms with Crippen molar-refractivity contribution in [1.29, 1.82) is 0 Å². The molecule has 0 unspecified atom stereocenters. The summed E-state index contributed by atoms with van der Waals surface area (Å²) in [6, 6.07) is 6.83. The number of nitrogens with zero attached hydrogens (tertiary/aromatic N) is 1. The maximum atomic E-state index is 13.5. The largest absolute Gasteiger partial charge is 0.362 e. The van der Waals surface area contributed by atoms with Crippen molar-refractivity contribution in [2.24, 2.45) is 0 Å². The van der Waals surface area contributed by atoms with Crippen LogP contribution >= 0.6 is 28.1 Å². The van der Waals surface area contributed by atoms with E-state index in [0.717, 1.165) is 16.6 Å². The van der Waals surface area contributed by atoms with Gasteiger partial charge in [-0.05, 0) is 52.4 Å². The molecule has 0 saturated carbocycles. The first-order valence-corrected chi connectivity index (χ1v) is 7.81. The lowest BCUT2D eigenvalue weighted by atomic mass is 10.1. The third kappa shape index (κ3) is 5.04. The summed E-state index contributed by atoms with van der Waals surface area (Å²) in [6.07, 6.45) is 1.52. The molecular weight excluding hydrogens is 388 g/mol. The van der Waals surface area contributed by atoms with E-state index in [1.54, 1.807) is 18.3 Å². The van der Waals surface area contributed by atoms with Crippen molar-refractivity contribution >= 4 is 44.9 Å². The van der Waals surface area contributed by atoms with E-state index in [9.17, 15) is 13.6 Å². The molecule has 2 N–H and O–H groups in total. The van der Waals surface area contributed by atoms with E-state index < -0.39 is 23.0 Å². The number of aromatic nitrogens is 1. The molecule has 0 aliphatic rings. The van der Waals surface area contributed by atoms with Gasteiger partial charge >= 0.3 is 0 Å². The van der Waals surface area contributed by atoms with Crippen LogP contribution < -0.4 is 10.6 Å². The van der Waals surface area contributed by atoms with E-state index in [-0.39, 0.29) is 18.1 Å². The average molecular weight is 400 g/mol. The average Bonchev–Trinajstić information content (AvgIpc) is 2.49. The number of hydrogen-bond acceptors (Lipinski definition) is 3. The number of benzene rings is 1. The molecule has 23 heavy (non-hydrogen) atoms. The van der Waals surface area contributed by atoms with Gasteiger partial charge in [0.15, 0.2) is 10.9 Å². The third-order valence-electron chi connectivity index (χ3n) is 2.85. The van der Waals surface area contributed by atoms with Gasteiger partial charge < -0.3 is 10.6 Å². The molecule has 0 bridgehead atoms. The first-order chi connectivity index (χ1) is 11.0. The maximum Gasteiger partial charge on any atom is 0.171 e. The Morgan fingerprint density at radius 3 is 2.52 bits per heavy atom. The minimum Gasteiger partial charge on any atom is -0.362 e. The Bertz CT molecular complexity index is 705. The minimum atomic E-state index is -0.866. The van der Waals surface area contributed by atoms with Gasteiger partial charge in [0.05, 0.1) is 5.56 Å². The molecule has 2 rings (SSSR count). The van der Waals surface area contributed by atoms with E-state index >= 15 is 0 Å². The molecular formula is C15H12BrF2N3OS. The first kappa shape index (κ1) is 17.4. The lowest BCUT2D eigenvalue weighted by Crippen LogP contribution is -2.30. The summed E-state index contributed by atoms with van der Waals surface area (Å²) >= 11 is 8.32. The molecule has 2 aromatic rings. The van der Waals surface area contributed by atoms with E-state index in [2.05, 4.69) is 31.5 Å². The Kier molecular flexibility index (Phi) is 6.12. The fourth-order valence-corrected chi connectivity index (χ4v) is 2.23. The van der Waals surface area contributed by atoms with Crippen molar-refractivity contribution in [3.05, 3.63) is 58.2 Å². The number of anilines is 1. The Morgan fingerprint density at radius 2 is 1.91 bits per heavy atom. The second-order valence-corrected chi connectivity index (χ2v) is 5.84. The van der Waals surface area contributed by atoms with Gasteiger partial charge in [-0.1, -0.05) is 6.07 Å². The summed E-state index contributed by atoms with van der Waals surface area (Å²) in [7, 11) is 0. The highest BCUT2D eigenvalue weighted by Gasteiger charge is 2.16. The third-order valence-corrected chi connectivity index (χ3v) is 3.56. The van der Waals surface area contributed by atoms with Gasteiger partial charge in [-0.25, -0.2) is 13.8 Å². The van der Waals surface area contributed by atoms with Crippen LogP contribution in [-0.2, 0) is 0 Å². The number of carbonyl (C=O) groups excluding carboxylic acids is 1. The normalized spacial score (nSPS) is 10.2. The van der Waals surface area contributed by atoms with Gasteiger partial charge in [-0.3, -0.25) is 4.79 Å². The SMILES string of the molecule is O=C(CCNC(=S)Nc1ccc(Br)cn1)c1c(F)cccc1F. The van der Waals surface area contributed by atoms with Crippen LogP contribution in [0.3, 0.4) is 0 Å². The molecule has 0 radical (unpaired) electrons. The zero-order valence-corrected chi connectivity index (χ0v) is 14.2. The van der Waals surface area contributed by atoms with Crippen molar-refractivity contribution in [3.63, 3.8) is 0 Å². The zero-order chi connectivity index (χ0) is 16.8. The van der Waals surface area contributed by atoms with Crippen molar-refractivity contribution in [1.82, 2.24) is 10.3 Å². The quantitative estimate of drug-likeness (QED) is 0.593. The lowest BCUT2D eigenvalue weighted by molar-refractivity contribution is 0.0976. The molecule has 0 amide bonds. The summed E-state index contributed by atoms with van der Waals surface area (Å²) in [5, 5.41) is 5.89. The molecule has 0 fully saturated rings. The number of hydrogen-bond donors (Lipinski definition) is 2. The Labute approximate surface area is 145 Å². The number of pyridine rings is 1. The van der Waals surface area contributed by atoms with Crippen molar-refractivity contribution in [2.75, 3.05) is 11.9 Å². The van der Waals surface area contributed by atoms with Crippen molar-refractivity contribution < 1.29 is 13.6 Å². The number of halogens is 3. The fourth-order valence-electron chi connectivity index (χ4n) is 1.79. The molecule has 120 valence electrons. The second kappa shape index (κ2) is 8.07. The minimum absolute atomic E-state index is 0.0898. The number of carbonyl (C=O) groups is 1. The van der Waals surface area contributed by atoms with Gasteiger partial charge in [0.25, 0.3) is 0 Å². The smallest absolute Gasteiger partial charge is 0.171 e. The van der Waals surface area contributed by atoms with E-state index in [1.807, 2.05) is 0 Å². The van der Waals surface area contributed by atoms with Gasteiger partial charge in [-0.2, -0.15) is 0 Å². The Morgan fingerprint density at radius 1 is 1.22 bits per heavy atom. The predicted molar refractivity (Wildman–Crippen MR) is 91.5 cm³/mol. The van der Waals surface area contributed by atoms with Crippen LogP contribution in [-0.4, -0.2) is 22.4 Å². The summed E-state index contributed by atoms with van der Waals surface area (Å²) in [6.45, 7) is 0.148. The molecule has 0 saturated heterocycles. The fraction of sp³-hybridized carbons (Fsp3) is 0.133. The predicted octanol–water partition coefficient (Wildman–Crippen LogP) is 3.68. The lowest BCUT2D eigenvalue weighted by Gasteiger charge is -2.10. The number of Topliss-reactive ketones (excluding diaryl/α,β-unsaturated/α-hetero) is 1. The van der Waals surface area contributed by atoms with Gasteiger partial charge in [0.2, 0.25) is 0 Å². The number of nitrogens with one attached hydrogen (secondary N) is 2. The van der Waals surface area contributed by atoms with Gasteiger partial charge in [0.1, 0.15) is 17.5 Å². The van der Waals surface area contributed by atoms with E-state index in [1.165, 1.54) is 6.07 Å². The topological polar surface area (TPSA) is 54.0 Å². The molecule has 0 aliphatic heterocycles. The summed E-state index contributed by atoms with van der Waals surface area (Å²) in [4.78, 5) is 15.9. The molecule has 0 spiro atoms. The Balaban J connectivity index is 1.83. The highest BCUT2D eigenvalue weighted by molar-refractivity contribution is 9.10. The van der Waals surface area contributed by atoms with Crippen LogP contribution in [0.15, 0.2) is 41.0 Å². The standard InChI is InChI=1S/C15H12BrF2N3OS/c16-9-4-5-13(20-8-9)21-15(23)19-7-6-12(22)14-10(17)2-1-3-11(14)18/h1-5,8H,6-7H2,(H2,19,20,21,23). The van der Waals surface area contributed by atoms with Crippen LogP contribution in [0.4, 0.5) is 14.6 Å². The van der Waals surface area contributed by atoms with E-state index in [0.29, 0.717) is 5.82 Å². The van der Waals surface area contributed by atoms with Crippen LogP contribution in [0.5, 0.6) is 0 Å². The van der Waals surface area contributed by atoms with Crippen LogP contribution in [0, 0.1) is 11.6 Å². The highest BCUT2D eigenvalue weighted by Crippen LogP contribution is 2.14. The van der Waals surface area contributed by atoms with Crippen molar-refractivity contribution in [3.8, 4) is 0 Å². The monoisotopic (exact) mass is 399 g/mol. The van der Waals surface area contributed by atoms with Gasteiger partial charge in [-0.15, -0.1) is 0 Å². The number of rotatable bonds is 5. The van der Waals surface area contributed by atoms with Crippen LogP contribution in [0.25, 0.3) is 0 Å². The first-order valence-electron chi connectivity index (χ1n) is 6.61. The zero-order valence-electron chi connectivity index (χ0n) is 11.8. The molecule has 1 aromatic carbocycles. The van der Waals surface area contributed by atoms with Crippen LogP contribution in [0.2, 0.25) is 0 Å². The van der Waals surface area contributed by atoms with Crippen molar-refractivity contribution in [2.45, 2.75) is 6.42 Å². The molecule has 4 nitrogen and oxygen atoms in total. The summed E-state index contributed by atoms with van der Waals surface area (Å²) in [5.74, 6) is -1.82. The van der Waals surface area contributed by atoms with Crippen LogP contribution in [0.1, 0.15) is 16.8 Å². The number of thiocarbonyl (C=S) groups is 1. The molecule has 0 atom stereocenters. The molecule has 8 heteroatoms. The molecule has 0 aliphatic carbocycles. The number of ketones is 1. The maximum absolute atomic E-state index is 13.5. The molecule has 1 heterocycles. The van der Waals surface area contributed by atoms with Gasteiger partial charge in [0, 0.05) is 23.6 Å². The van der Waals surface area contributed by atoms with E-state index in [4.69, 9.17) is 12.2 Å². The summed E-state index contributed by atoms with van der Waals surface area (Å²) in [5.41, 5.74) is -0.525. The second-order valence-electron chi connectivity index (χ2n) is 4.51.